The zero-order chi connectivity index (χ0) is 34.5. The summed E-state index contributed by atoms with van der Waals surface area (Å²) in [5, 5.41) is 9.45. The Hall–Kier alpha value is -1.66. The molecule has 0 aromatic rings. The van der Waals surface area contributed by atoms with Gasteiger partial charge in [0.15, 0.2) is 0 Å². The summed E-state index contributed by atoms with van der Waals surface area (Å²) in [7, 11) is 0. The van der Waals surface area contributed by atoms with Crippen LogP contribution < -0.4 is 10.9 Å². The van der Waals surface area contributed by atoms with Crippen molar-refractivity contribution in [2.75, 3.05) is 19.7 Å². The van der Waals surface area contributed by atoms with Crippen molar-refractivity contribution in [1.82, 2.24) is 10.9 Å². The van der Waals surface area contributed by atoms with E-state index in [-0.39, 0.29) is 23.1 Å². The topological polar surface area (TPSA) is 78.4 Å². The van der Waals surface area contributed by atoms with E-state index in [4.69, 9.17) is 0 Å². The number of amides is 2. The van der Waals surface area contributed by atoms with Gasteiger partial charge in [-0.25, -0.2) is 0 Å². The van der Waals surface area contributed by atoms with Gasteiger partial charge in [0.1, 0.15) is 13.1 Å². The molecule has 0 saturated heterocycles. The monoisotopic (exact) mass is 663 g/mol. The SMILES string of the molecule is CCCCCCCC/C=C\CCCCCCCC(=O)N[N+](CC)(CCCO)NC(=O)CCCCCCC/C=C\CCCCCCCC. The van der Waals surface area contributed by atoms with Crippen LogP contribution in [0.2, 0.25) is 0 Å². The summed E-state index contributed by atoms with van der Waals surface area (Å²) in [6.45, 7) is 7.58. The molecule has 0 spiro atoms. The zero-order valence-corrected chi connectivity index (χ0v) is 31.6. The standard InChI is InChI=1S/C41H79N3O3/c1-4-7-9-11-13-15-17-19-21-23-25-27-29-31-33-36-40(46)42-44(6-3,38-35-39-45)43-41(47)37-34-32-30-28-26-24-22-20-18-16-14-12-10-8-5-2/h19-22,45H,4-18,23-39H2,1-3H3,(H-,42,43,46,47)/p+1/b21-19-,22-20-. The molecule has 0 bridgehead atoms. The second-order valence-electron chi connectivity index (χ2n) is 13.8. The minimum atomic E-state index is -0.0243. The fourth-order valence-electron chi connectivity index (χ4n) is 6.10. The molecule has 0 aliphatic heterocycles. The molecule has 2 amide bonds. The first-order valence-electron chi connectivity index (χ1n) is 20.4. The number of hydrogen-bond acceptors (Lipinski definition) is 3. The lowest BCUT2D eigenvalue weighted by Crippen LogP contribution is -2.69. The molecule has 0 aliphatic rings. The summed E-state index contributed by atoms with van der Waals surface area (Å²) in [6.07, 6.45) is 42.9. The van der Waals surface area contributed by atoms with Gasteiger partial charge in [-0.2, -0.15) is 10.9 Å². The van der Waals surface area contributed by atoms with E-state index in [1.165, 1.54) is 116 Å². The Labute approximate surface area is 292 Å². The average molecular weight is 663 g/mol. The number of allylic oxidation sites excluding steroid dienone is 4. The summed E-state index contributed by atoms with van der Waals surface area (Å²) >= 11 is 0. The third kappa shape index (κ3) is 31.4. The van der Waals surface area contributed by atoms with Crippen molar-refractivity contribution in [2.24, 2.45) is 0 Å². The van der Waals surface area contributed by atoms with Crippen LogP contribution in [0.3, 0.4) is 0 Å². The molecule has 0 aromatic heterocycles. The van der Waals surface area contributed by atoms with Crippen molar-refractivity contribution < 1.29 is 19.4 Å². The van der Waals surface area contributed by atoms with Gasteiger partial charge >= 0.3 is 0 Å². The molecule has 0 fully saturated rings. The third-order valence-electron chi connectivity index (χ3n) is 9.25. The van der Waals surface area contributed by atoms with Crippen LogP contribution in [0.1, 0.15) is 207 Å². The number of rotatable bonds is 36. The molecule has 0 rings (SSSR count). The predicted molar refractivity (Wildman–Crippen MR) is 203 cm³/mol. The highest BCUT2D eigenvalue weighted by Gasteiger charge is 2.30. The van der Waals surface area contributed by atoms with E-state index in [2.05, 4.69) is 49.0 Å². The van der Waals surface area contributed by atoms with Gasteiger partial charge in [0, 0.05) is 25.9 Å². The number of unbranched alkanes of at least 4 members (excludes halogenated alkanes) is 22. The number of nitrogens with zero attached hydrogens (tertiary/aromatic N) is 1. The fraction of sp³-hybridized carbons (Fsp3) is 0.854. The summed E-state index contributed by atoms with van der Waals surface area (Å²) in [6, 6.07) is 0. The lowest BCUT2D eigenvalue weighted by Gasteiger charge is -2.35. The molecule has 47 heavy (non-hydrogen) atoms. The van der Waals surface area contributed by atoms with Crippen molar-refractivity contribution >= 4 is 11.8 Å². The van der Waals surface area contributed by atoms with E-state index < -0.39 is 0 Å². The number of aliphatic hydroxyl groups is 1. The molecule has 0 atom stereocenters. The summed E-state index contributed by atoms with van der Waals surface area (Å²) < 4.78 is 0.0222. The molecule has 3 N–H and O–H groups in total. The second kappa shape index (κ2) is 35.6. The zero-order valence-electron chi connectivity index (χ0n) is 31.6. The van der Waals surface area contributed by atoms with Crippen molar-refractivity contribution in [2.45, 2.75) is 207 Å². The maximum Gasteiger partial charge on any atom is 0.267 e. The van der Waals surface area contributed by atoms with Gasteiger partial charge in [-0.05, 0) is 71.1 Å². The minimum Gasteiger partial charge on any atom is -0.396 e. The van der Waals surface area contributed by atoms with Gasteiger partial charge in [0.2, 0.25) is 0 Å². The van der Waals surface area contributed by atoms with Crippen LogP contribution in [0, 0.1) is 0 Å². The first-order valence-corrected chi connectivity index (χ1v) is 20.4. The Balaban J connectivity index is 4.06. The van der Waals surface area contributed by atoms with Crippen molar-refractivity contribution in [1.29, 1.82) is 0 Å². The van der Waals surface area contributed by atoms with Crippen LogP contribution in [0.15, 0.2) is 24.3 Å². The highest BCUT2D eigenvalue weighted by molar-refractivity contribution is 5.76. The van der Waals surface area contributed by atoms with Crippen LogP contribution in [-0.2, 0) is 9.59 Å². The van der Waals surface area contributed by atoms with Crippen LogP contribution in [0.25, 0.3) is 0 Å². The Morgan fingerprint density at radius 3 is 1.11 bits per heavy atom. The average Bonchev–Trinajstić information content (AvgIpc) is 3.07. The molecular weight excluding hydrogens is 582 g/mol. The molecule has 0 unspecified atom stereocenters. The highest BCUT2D eigenvalue weighted by Crippen LogP contribution is 2.13. The smallest absolute Gasteiger partial charge is 0.267 e. The normalized spacial score (nSPS) is 12.0. The summed E-state index contributed by atoms with van der Waals surface area (Å²) in [5.74, 6) is -0.0486. The molecule has 0 heterocycles. The quantitative estimate of drug-likeness (QED) is 0.0270. The first kappa shape index (κ1) is 45.3. The summed E-state index contributed by atoms with van der Waals surface area (Å²) in [4.78, 5) is 25.7. The number of carbonyl (C=O) groups excluding carboxylic acids is 2. The fourth-order valence-corrected chi connectivity index (χ4v) is 6.10. The number of aliphatic hydroxyl groups excluding tert-OH is 1. The maximum atomic E-state index is 12.8. The van der Waals surface area contributed by atoms with E-state index in [1.54, 1.807) is 0 Å². The molecule has 0 aliphatic carbocycles. The molecule has 6 heteroatoms. The highest BCUT2D eigenvalue weighted by atomic mass is 16.3. The minimum absolute atomic E-state index is 0.0222. The van der Waals surface area contributed by atoms with Crippen molar-refractivity contribution in [3.05, 3.63) is 24.3 Å². The van der Waals surface area contributed by atoms with Gasteiger partial charge < -0.3 is 5.11 Å². The predicted octanol–water partition coefficient (Wildman–Crippen LogP) is 11.3. The first-order chi connectivity index (χ1) is 23.0. The Bertz CT molecular complexity index is 698. The maximum absolute atomic E-state index is 12.8. The van der Waals surface area contributed by atoms with Crippen LogP contribution >= 0.6 is 0 Å². The van der Waals surface area contributed by atoms with Crippen LogP contribution in [0.5, 0.6) is 0 Å². The van der Waals surface area contributed by atoms with Gasteiger partial charge in [-0.15, -0.1) is 4.70 Å². The van der Waals surface area contributed by atoms with Gasteiger partial charge in [-0.1, -0.05) is 141 Å². The number of quaternary nitrogens is 1. The van der Waals surface area contributed by atoms with Crippen molar-refractivity contribution in [3.63, 3.8) is 0 Å². The second-order valence-corrected chi connectivity index (χ2v) is 13.8. The Morgan fingerprint density at radius 1 is 0.468 bits per heavy atom. The van der Waals surface area contributed by atoms with Gasteiger partial charge in [0.05, 0.1) is 0 Å². The Morgan fingerprint density at radius 2 is 0.787 bits per heavy atom. The largest absolute Gasteiger partial charge is 0.396 e. The van der Waals surface area contributed by atoms with Crippen molar-refractivity contribution in [3.8, 4) is 0 Å². The lowest BCUT2D eigenvalue weighted by molar-refractivity contribution is -0.992. The molecule has 276 valence electrons. The number of hydrogen-bond donors (Lipinski definition) is 3. The Kier molecular flexibility index (Phi) is 34.4. The molecule has 0 radical (unpaired) electrons. The van der Waals surface area contributed by atoms with E-state index >= 15 is 0 Å². The lowest BCUT2D eigenvalue weighted by atomic mass is 10.1. The van der Waals surface area contributed by atoms with Gasteiger partial charge in [0.25, 0.3) is 11.8 Å². The molecular formula is C41H80N3O3+. The van der Waals surface area contributed by atoms with Crippen LogP contribution in [0.4, 0.5) is 0 Å². The molecule has 6 nitrogen and oxygen atoms in total. The third-order valence-corrected chi connectivity index (χ3v) is 9.25. The number of carbonyl (C=O) groups is 2. The van der Waals surface area contributed by atoms with Crippen LogP contribution in [-0.4, -0.2) is 41.3 Å². The van der Waals surface area contributed by atoms with E-state index in [0.717, 1.165) is 51.4 Å². The molecule has 0 aromatic carbocycles. The number of nitrogens with one attached hydrogen (secondary N) is 2. The summed E-state index contributed by atoms with van der Waals surface area (Å²) in [5.41, 5.74) is 6.18. The van der Waals surface area contributed by atoms with Gasteiger partial charge in [-0.3, -0.25) is 9.59 Å². The van der Waals surface area contributed by atoms with E-state index in [9.17, 15) is 14.7 Å². The molecule has 0 saturated carbocycles. The van der Waals surface area contributed by atoms with E-state index in [0.29, 0.717) is 32.4 Å². The van der Waals surface area contributed by atoms with E-state index in [1.807, 2.05) is 6.92 Å².